The lowest BCUT2D eigenvalue weighted by Gasteiger charge is -2.37. The van der Waals surface area contributed by atoms with Gasteiger partial charge in [0.15, 0.2) is 0 Å². The van der Waals surface area contributed by atoms with Crippen molar-refractivity contribution in [2.75, 3.05) is 12.8 Å². The standard InChI is InChI=1S/C14H20ClNS/c1-10(17-2)9-16-14-7-12(8-14)11-4-3-5-13(15)6-11/h3-6,10,12,14,16H,7-9H2,1-2H3. The second-order valence-electron chi connectivity index (χ2n) is 4.87. The maximum atomic E-state index is 6.01. The number of thioether (sulfide) groups is 1. The third-order valence-corrected chi connectivity index (χ3v) is 4.76. The fraction of sp³-hybridized carbons (Fsp3) is 0.571. The summed E-state index contributed by atoms with van der Waals surface area (Å²) < 4.78 is 0. The van der Waals surface area contributed by atoms with Crippen LogP contribution in [0.5, 0.6) is 0 Å². The van der Waals surface area contributed by atoms with Crippen molar-refractivity contribution in [1.29, 1.82) is 0 Å². The van der Waals surface area contributed by atoms with E-state index in [0.29, 0.717) is 17.2 Å². The van der Waals surface area contributed by atoms with Gasteiger partial charge in [0.2, 0.25) is 0 Å². The maximum Gasteiger partial charge on any atom is 0.0408 e. The summed E-state index contributed by atoms with van der Waals surface area (Å²) in [6.45, 7) is 3.39. The van der Waals surface area contributed by atoms with E-state index in [4.69, 9.17) is 11.6 Å². The van der Waals surface area contributed by atoms with Gasteiger partial charge in [-0.05, 0) is 42.7 Å². The molecule has 1 aromatic carbocycles. The molecule has 0 aromatic heterocycles. The van der Waals surface area contributed by atoms with Crippen LogP contribution in [0.3, 0.4) is 0 Å². The van der Waals surface area contributed by atoms with E-state index in [9.17, 15) is 0 Å². The molecule has 0 spiro atoms. The Morgan fingerprint density at radius 1 is 1.47 bits per heavy atom. The van der Waals surface area contributed by atoms with Crippen LogP contribution >= 0.6 is 23.4 Å². The first kappa shape index (κ1) is 13.3. The van der Waals surface area contributed by atoms with Crippen molar-refractivity contribution in [2.45, 2.75) is 37.0 Å². The van der Waals surface area contributed by atoms with Crippen molar-refractivity contribution in [3.63, 3.8) is 0 Å². The number of hydrogen-bond acceptors (Lipinski definition) is 2. The largest absolute Gasteiger partial charge is 0.313 e. The smallest absolute Gasteiger partial charge is 0.0408 e. The third kappa shape index (κ3) is 3.64. The molecular weight excluding hydrogens is 250 g/mol. The van der Waals surface area contributed by atoms with Gasteiger partial charge in [-0.15, -0.1) is 0 Å². The van der Waals surface area contributed by atoms with Gasteiger partial charge in [0.25, 0.3) is 0 Å². The molecule has 3 heteroatoms. The van der Waals surface area contributed by atoms with E-state index in [1.165, 1.54) is 18.4 Å². The lowest BCUT2D eigenvalue weighted by atomic mass is 9.76. The Balaban J connectivity index is 1.75. The second kappa shape index (κ2) is 6.12. The van der Waals surface area contributed by atoms with Crippen molar-refractivity contribution < 1.29 is 0 Å². The zero-order valence-corrected chi connectivity index (χ0v) is 12.0. The summed E-state index contributed by atoms with van der Waals surface area (Å²) >= 11 is 7.93. The molecule has 1 aromatic rings. The molecule has 1 atom stereocenters. The van der Waals surface area contributed by atoms with Gasteiger partial charge in [0.1, 0.15) is 0 Å². The first-order valence-corrected chi connectivity index (χ1v) is 7.87. The molecule has 1 fully saturated rings. The predicted molar refractivity (Wildman–Crippen MR) is 78.2 cm³/mol. The van der Waals surface area contributed by atoms with E-state index in [2.05, 4.69) is 30.6 Å². The van der Waals surface area contributed by atoms with E-state index in [-0.39, 0.29) is 0 Å². The van der Waals surface area contributed by atoms with E-state index in [1.807, 2.05) is 23.9 Å². The molecule has 0 radical (unpaired) electrons. The normalized spacial score (nSPS) is 25.4. The van der Waals surface area contributed by atoms with E-state index < -0.39 is 0 Å². The predicted octanol–water partition coefficient (Wildman–Crippen LogP) is 3.93. The number of hydrogen-bond donors (Lipinski definition) is 1. The van der Waals surface area contributed by atoms with E-state index >= 15 is 0 Å². The first-order valence-electron chi connectivity index (χ1n) is 6.20. The van der Waals surface area contributed by atoms with E-state index in [0.717, 1.165) is 11.6 Å². The van der Waals surface area contributed by atoms with Gasteiger partial charge in [0.05, 0.1) is 0 Å². The van der Waals surface area contributed by atoms with Gasteiger partial charge in [-0.25, -0.2) is 0 Å². The number of rotatable bonds is 5. The first-order chi connectivity index (χ1) is 8.19. The zero-order chi connectivity index (χ0) is 12.3. The topological polar surface area (TPSA) is 12.0 Å². The molecular formula is C14H20ClNS. The van der Waals surface area contributed by atoms with Crippen LogP contribution in [0.15, 0.2) is 24.3 Å². The average Bonchev–Trinajstić information content (AvgIpc) is 2.26. The van der Waals surface area contributed by atoms with Crippen LogP contribution in [0.1, 0.15) is 31.2 Å². The summed E-state index contributed by atoms with van der Waals surface area (Å²) in [5, 5.41) is 5.20. The molecule has 94 valence electrons. The van der Waals surface area contributed by atoms with Crippen molar-refractivity contribution in [3.05, 3.63) is 34.9 Å². The van der Waals surface area contributed by atoms with Crippen molar-refractivity contribution in [3.8, 4) is 0 Å². The molecule has 1 nitrogen and oxygen atoms in total. The number of halogens is 1. The Hall–Kier alpha value is -0.180. The summed E-state index contributed by atoms with van der Waals surface area (Å²) in [6.07, 6.45) is 4.67. The summed E-state index contributed by atoms with van der Waals surface area (Å²) in [7, 11) is 0. The highest BCUT2D eigenvalue weighted by atomic mass is 35.5. The minimum absolute atomic E-state index is 0.702. The van der Waals surface area contributed by atoms with Crippen LogP contribution in [-0.2, 0) is 0 Å². The molecule has 0 saturated heterocycles. The molecule has 0 bridgehead atoms. The van der Waals surface area contributed by atoms with Gasteiger partial charge in [-0.1, -0.05) is 30.7 Å². The van der Waals surface area contributed by atoms with Gasteiger partial charge in [-0.3, -0.25) is 0 Å². The second-order valence-corrected chi connectivity index (χ2v) is 6.59. The van der Waals surface area contributed by atoms with Gasteiger partial charge >= 0.3 is 0 Å². The fourth-order valence-electron chi connectivity index (χ4n) is 2.23. The van der Waals surface area contributed by atoms with Crippen molar-refractivity contribution in [2.24, 2.45) is 0 Å². The SMILES string of the molecule is CSC(C)CNC1CC(c2cccc(Cl)c2)C1. The van der Waals surface area contributed by atoms with Crippen LogP contribution in [0, 0.1) is 0 Å². The fourth-order valence-corrected chi connectivity index (χ4v) is 2.69. The summed E-state index contributed by atoms with van der Waals surface area (Å²) in [5.74, 6) is 0.704. The Kier molecular flexibility index (Phi) is 4.78. The molecule has 0 heterocycles. The lowest BCUT2D eigenvalue weighted by Crippen LogP contribution is -2.42. The third-order valence-electron chi connectivity index (χ3n) is 3.55. The molecule has 2 rings (SSSR count). The quantitative estimate of drug-likeness (QED) is 0.869. The average molecular weight is 270 g/mol. The molecule has 0 aliphatic heterocycles. The monoisotopic (exact) mass is 269 g/mol. The summed E-state index contributed by atoms with van der Waals surface area (Å²) in [4.78, 5) is 0. The minimum atomic E-state index is 0.702. The Bertz CT molecular complexity index is 363. The van der Waals surface area contributed by atoms with Crippen LogP contribution < -0.4 is 5.32 Å². The molecule has 0 amide bonds. The van der Waals surface area contributed by atoms with Crippen molar-refractivity contribution >= 4 is 23.4 Å². The van der Waals surface area contributed by atoms with Crippen LogP contribution in [0.2, 0.25) is 5.02 Å². The maximum absolute atomic E-state index is 6.01. The summed E-state index contributed by atoms with van der Waals surface area (Å²) in [6, 6.07) is 8.99. The van der Waals surface area contributed by atoms with Gasteiger partial charge < -0.3 is 5.32 Å². The van der Waals surface area contributed by atoms with Crippen LogP contribution in [0.25, 0.3) is 0 Å². The van der Waals surface area contributed by atoms with Gasteiger partial charge in [0, 0.05) is 22.9 Å². The highest BCUT2D eigenvalue weighted by Gasteiger charge is 2.29. The molecule has 1 aliphatic carbocycles. The molecule has 17 heavy (non-hydrogen) atoms. The Labute approximate surface area is 113 Å². The molecule has 1 saturated carbocycles. The zero-order valence-electron chi connectivity index (χ0n) is 10.4. The highest BCUT2D eigenvalue weighted by Crippen LogP contribution is 2.37. The molecule has 1 unspecified atom stereocenters. The number of nitrogens with one attached hydrogen (secondary N) is 1. The van der Waals surface area contributed by atoms with Crippen molar-refractivity contribution in [1.82, 2.24) is 5.32 Å². The van der Waals surface area contributed by atoms with E-state index in [1.54, 1.807) is 0 Å². The Morgan fingerprint density at radius 3 is 2.88 bits per heavy atom. The Morgan fingerprint density at radius 2 is 2.24 bits per heavy atom. The molecule has 1 aliphatic rings. The number of benzene rings is 1. The summed E-state index contributed by atoms with van der Waals surface area (Å²) in [5.41, 5.74) is 1.40. The molecule has 1 N–H and O–H groups in total. The highest BCUT2D eigenvalue weighted by molar-refractivity contribution is 7.99. The minimum Gasteiger partial charge on any atom is -0.313 e. The lowest BCUT2D eigenvalue weighted by molar-refractivity contribution is 0.293. The van der Waals surface area contributed by atoms with Crippen LogP contribution in [-0.4, -0.2) is 24.1 Å². The van der Waals surface area contributed by atoms with Gasteiger partial charge in [-0.2, -0.15) is 11.8 Å². The van der Waals surface area contributed by atoms with Crippen LogP contribution in [0.4, 0.5) is 0 Å².